The molecule has 0 unspecified atom stereocenters. The first-order valence-electron chi connectivity index (χ1n) is 5.57. The Morgan fingerprint density at radius 2 is 2.00 bits per heavy atom. The predicted molar refractivity (Wildman–Crippen MR) is 57.1 cm³/mol. The molecule has 2 aliphatic heterocycles. The maximum atomic E-state index is 12.0. The van der Waals surface area contributed by atoms with E-state index in [4.69, 9.17) is 4.74 Å². The highest BCUT2D eigenvalue weighted by atomic mass is 16.5. The summed E-state index contributed by atoms with van der Waals surface area (Å²) >= 11 is 0. The topological polar surface area (TPSA) is 61.9 Å². The van der Waals surface area contributed by atoms with E-state index in [1.54, 1.807) is 4.90 Å². The van der Waals surface area contributed by atoms with Gasteiger partial charge >= 0.3 is 12.1 Å². The van der Waals surface area contributed by atoms with E-state index in [1.165, 1.54) is 4.90 Å². The number of carbonyl (C=O) groups is 2. The molecule has 4 amide bonds. The number of amides is 4. The van der Waals surface area contributed by atoms with Gasteiger partial charge in [0.05, 0.1) is 12.2 Å². The van der Waals surface area contributed by atoms with Gasteiger partial charge in [0, 0.05) is 26.2 Å². The number of nitrogens with one attached hydrogen (secondary N) is 1. The number of rotatable bonds is 0. The molecule has 0 aromatic carbocycles. The molecular formula is C10H17N3O3. The molecule has 6 heteroatoms. The highest BCUT2D eigenvalue weighted by Gasteiger charge is 2.33. The molecule has 2 fully saturated rings. The maximum absolute atomic E-state index is 12.0. The standard InChI is InChI=1S/C10H17N3O3/c1-7-5-12(6-8(2)16-7)10(15)13-4-3-11-9(13)14/h7-8H,3-6H2,1-2H3,(H,11,14)/t7-,8-/m1/s1. The number of morpholine rings is 1. The highest BCUT2D eigenvalue weighted by Crippen LogP contribution is 2.13. The van der Waals surface area contributed by atoms with Crippen LogP contribution in [-0.4, -0.2) is 60.2 Å². The Morgan fingerprint density at radius 1 is 1.38 bits per heavy atom. The Kier molecular flexibility index (Phi) is 3.00. The normalized spacial score (nSPS) is 30.5. The van der Waals surface area contributed by atoms with Crippen LogP contribution in [0, 0.1) is 0 Å². The van der Waals surface area contributed by atoms with Gasteiger partial charge in [0.2, 0.25) is 0 Å². The van der Waals surface area contributed by atoms with Crippen LogP contribution in [0.4, 0.5) is 9.59 Å². The lowest BCUT2D eigenvalue weighted by Gasteiger charge is -2.36. The highest BCUT2D eigenvalue weighted by molar-refractivity contribution is 5.95. The number of hydrogen-bond acceptors (Lipinski definition) is 3. The lowest BCUT2D eigenvalue weighted by Crippen LogP contribution is -2.53. The lowest BCUT2D eigenvalue weighted by molar-refractivity contribution is -0.0567. The summed E-state index contributed by atoms with van der Waals surface area (Å²) in [5.41, 5.74) is 0. The summed E-state index contributed by atoms with van der Waals surface area (Å²) in [5, 5.41) is 2.62. The molecule has 0 radical (unpaired) electrons. The van der Waals surface area contributed by atoms with Crippen molar-refractivity contribution in [3.8, 4) is 0 Å². The Labute approximate surface area is 94.5 Å². The number of hydrogen-bond donors (Lipinski definition) is 1. The number of urea groups is 2. The molecule has 2 heterocycles. The van der Waals surface area contributed by atoms with Gasteiger partial charge in [-0.1, -0.05) is 0 Å². The van der Waals surface area contributed by atoms with Gasteiger partial charge < -0.3 is 15.0 Å². The van der Waals surface area contributed by atoms with E-state index in [0.29, 0.717) is 26.2 Å². The van der Waals surface area contributed by atoms with Crippen LogP contribution in [0.2, 0.25) is 0 Å². The monoisotopic (exact) mass is 227 g/mol. The second-order valence-electron chi connectivity index (χ2n) is 4.33. The van der Waals surface area contributed by atoms with Crippen molar-refractivity contribution in [1.29, 1.82) is 0 Å². The molecule has 0 aromatic heterocycles. The fourth-order valence-corrected chi connectivity index (χ4v) is 2.16. The average Bonchev–Trinajstić information content (AvgIpc) is 2.62. The second kappa shape index (κ2) is 4.29. The minimum absolute atomic E-state index is 0.0263. The predicted octanol–water partition coefficient (Wildman–Crippen LogP) is 0.241. The van der Waals surface area contributed by atoms with Crippen molar-refractivity contribution in [2.24, 2.45) is 0 Å². The lowest BCUT2D eigenvalue weighted by atomic mass is 10.2. The van der Waals surface area contributed by atoms with Crippen molar-refractivity contribution in [3.05, 3.63) is 0 Å². The third-order valence-corrected chi connectivity index (χ3v) is 2.78. The van der Waals surface area contributed by atoms with E-state index in [2.05, 4.69) is 5.32 Å². The number of imide groups is 1. The van der Waals surface area contributed by atoms with E-state index in [9.17, 15) is 9.59 Å². The molecule has 2 saturated heterocycles. The molecule has 16 heavy (non-hydrogen) atoms. The van der Waals surface area contributed by atoms with E-state index >= 15 is 0 Å². The third-order valence-electron chi connectivity index (χ3n) is 2.78. The molecule has 0 saturated carbocycles. The quantitative estimate of drug-likeness (QED) is 0.645. The smallest absolute Gasteiger partial charge is 0.328 e. The molecule has 0 aromatic rings. The average molecular weight is 227 g/mol. The number of ether oxygens (including phenoxy) is 1. The van der Waals surface area contributed by atoms with Crippen molar-refractivity contribution in [2.45, 2.75) is 26.1 Å². The van der Waals surface area contributed by atoms with Crippen LogP contribution < -0.4 is 5.32 Å². The summed E-state index contributed by atoms with van der Waals surface area (Å²) in [5.74, 6) is 0. The minimum atomic E-state index is -0.295. The van der Waals surface area contributed by atoms with Gasteiger partial charge in [-0.15, -0.1) is 0 Å². The van der Waals surface area contributed by atoms with E-state index in [0.717, 1.165) is 0 Å². The molecule has 2 atom stereocenters. The summed E-state index contributed by atoms with van der Waals surface area (Å²) in [6.07, 6.45) is 0.0525. The Balaban J connectivity index is 2.01. The molecule has 2 rings (SSSR count). The fraction of sp³-hybridized carbons (Fsp3) is 0.800. The van der Waals surface area contributed by atoms with Gasteiger partial charge in [0.1, 0.15) is 0 Å². The molecule has 0 bridgehead atoms. The molecule has 1 N–H and O–H groups in total. The minimum Gasteiger partial charge on any atom is -0.372 e. The summed E-state index contributed by atoms with van der Waals surface area (Å²) in [4.78, 5) is 26.3. The molecule has 0 spiro atoms. The van der Waals surface area contributed by atoms with Gasteiger partial charge in [-0.25, -0.2) is 14.5 Å². The Hall–Kier alpha value is -1.30. The zero-order chi connectivity index (χ0) is 11.7. The van der Waals surface area contributed by atoms with Gasteiger partial charge in [0.25, 0.3) is 0 Å². The first kappa shape index (κ1) is 11.2. The SMILES string of the molecule is C[C@@H]1CN(C(=O)N2CCNC2=O)C[C@@H](C)O1. The largest absolute Gasteiger partial charge is 0.372 e. The molecule has 0 aliphatic carbocycles. The van der Waals surface area contributed by atoms with Crippen LogP contribution >= 0.6 is 0 Å². The molecule has 6 nitrogen and oxygen atoms in total. The number of carbonyl (C=O) groups excluding carboxylic acids is 2. The van der Waals surface area contributed by atoms with Crippen molar-refractivity contribution in [3.63, 3.8) is 0 Å². The third kappa shape index (κ3) is 2.11. The first-order chi connectivity index (χ1) is 7.58. The van der Waals surface area contributed by atoms with E-state index in [1.807, 2.05) is 13.8 Å². The molecule has 2 aliphatic rings. The van der Waals surface area contributed by atoms with Crippen molar-refractivity contribution >= 4 is 12.1 Å². The molecule has 90 valence electrons. The Bertz CT molecular complexity index is 298. The van der Waals surface area contributed by atoms with Crippen LogP contribution in [0.25, 0.3) is 0 Å². The van der Waals surface area contributed by atoms with Crippen LogP contribution in [0.5, 0.6) is 0 Å². The zero-order valence-electron chi connectivity index (χ0n) is 9.60. The van der Waals surface area contributed by atoms with Gasteiger partial charge in [-0.2, -0.15) is 0 Å². The zero-order valence-corrected chi connectivity index (χ0v) is 9.60. The molecular weight excluding hydrogens is 210 g/mol. The summed E-state index contributed by atoms with van der Waals surface area (Å²) in [6.45, 7) is 5.96. The van der Waals surface area contributed by atoms with Crippen LogP contribution in [0.15, 0.2) is 0 Å². The van der Waals surface area contributed by atoms with Crippen molar-refractivity contribution in [2.75, 3.05) is 26.2 Å². The Morgan fingerprint density at radius 3 is 2.50 bits per heavy atom. The van der Waals surface area contributed by atoms with E-state index in [-0.39, 0.29) is 24.3 Å². The van der Waals surface area contributed by atoms with Gasteiger partial charge in [0.15, 0.2) is 0 Å². The summed E-state index contributed by atoms with van der Waals surface area (Å²) < 4.78 is 5.54. The second-order valence-corrected chi connectivity index (χ2v) is 4.33. The fourth-order valence-electron chi connectivity index (χ4n) is 2.16. The first-order valence-corrected chi connectivity index (χ1v) is 5.57. The van der Waals surface area contributed by atoms with Crippen molar-refractivity contribution in [1.82, 2.24) is 15.1 Å². The van der Waals surface area contributed by atoms with Gasteiger partial charge in [-0.05, 0) is 13.8 Å². The van der Waals surface area contributed by atoms with Crippen LogP contribution in [0.1, 0.15) is 13.8 Å². The van der Waals surface area contributed by atoms with Crippen molar-refractivity contribution < 1.29 is 14.3 Å². The number of nitrogens with zero attached hydrogens (tertiary/aromatic N) is 2. The van der Waals surface area contributed by atoms with Crippen LogP contribution in [0.3, 0.4) is 0 Å². The van der Waals surface area contributed by atoms with Crippen LogP contribution in [-0.2, 0) is 4.74 Å². The maximum Gasteiger partial charge on any atom is 0.328 e. The van der Waals surface area contributed by atoms with E-state index < -0.39 is 0 Å². The van der Waals surface area contributed by atoms with Gasteiger partial charge in [-0.3, -0.25) is 0 Å². The summed E-state index contributed by atoms with van der Waals surface area (Å²) in [6, 6.07) is -0.506. The summed E-state index contributed by atoms with van der Waals surface area (Å²) in [7, 11) is 0.